The zero-order valence-corrected chi connectivity index (χ0v) is 16.3. The summed E-state index contributed by atoms with van der Waals surface area (Å²) in [6.07, 6.45) is 4.40. The Kier molecular flexibility index (Phi) is 7.07. The van der Waals surface area contributed by atoms with Crippen LogP contribution in [0, 0.1) is 5.82 Å². The summed E-state index contributed by atoms with van der Waals surface area (Å²) in [4.78, 5) is 27.7. The van der Waals surface area contributed by atoms with E-state index in [2.05, 4.69) is 20.8 Å². The Morgan fingerprint density at radius 1 is 1.17 bits per heavy atom. The predicted octanol–water partition coefficient (Wildman–Crippen LogP) is 3.66. The van der Waals surface area contributed by atoms with Crippen LogP contribution in [0.2, 0.25) is 5.02 Å². The lowest BCUT2D eigenvalue weighted by molar-refractivity contribution is -0.118. The molecule has 1 aromatic heterocycles. The highest BCUT2D eigenvalue weighted by molar-refractivity contribution is 6.32. The van der Waals surface area contributed by atoms with Crippen molar-refractivity contribution < 1.29 is 18.7 Å². The highest BCUT2D eigenvalue weighted by Gasteiger charge is 2.09. The fourth-order valence-corrected chi connectivity index (χ4v) is 2.58. The first-order valence-electron chi connectivity index (χ1n) is 8.73. The fourth-order valence-electron chi connectivity index (χ4n) is 2.33. The van der Waals surface area contributed by atoms with Gasteiger partial charge in [0.15, 0.2) is 6.61 Å². The lowest BCUT2D eigenvalue weighted by Crippen LogP contribution is -2.20. The lowest BCUT2D eigenvalue weighted by Gasteiger charge is -2.09. The van der Waals surface area contributed by atoms with Gasteiger partial charge < -0.3 is 10.1 Å². The topological polar surface area (TPSA) is 92.7 Å². The molecule has 0 saturated heterocycles. The first-order chi connectivity index (χ1) is 14.5. The van der Waals surface area contributed by atoms with Gasteiger partial charge in [-0.25, -0.2) is 9.82 Å². The molecular formula is C21H16ClFN4O3. The van der Waals surface area contributed by atoms with Crippen molar-refractivity contribution >= 4 is 35.3 Å². The third-order valence-electron chi connectivity index (χ3n) is 3.77. The first kappa shape index (κ1) is 20.9. The number of nitrogens with one attached hydrogen (secondary N) is 2. The van der Waals surface area contributed by atoms with Crippen LogP contribution in [0.4, 0.5) is 10.1 Å². The van der Waals surface area contributed by atoms with Gasteiger partial charge in [0.2, 0.25) is 0 Å². The van der Waals surface area contributed by atoms with E-state index in [0.29, 0.717) is 11.1 Å². The van der Waals surface area contributed by atoms with Gasteiger partial charge >= 0.3 is 0 Å². The van der Waals surface area contributed by atoms with E-state index < -0.39 is 17.6 Å². The SMILES string of the molecule is O=C(COc1ccc(C=NNC(=O)c2cccnc2)cc1Cl)Nc1ccccc1F. The minimum Gasteiger partial charge on any atom is -0.482 e. The molecule has 0 saturated carbocycles. The van der Waals surface area contributed by atoms with E-state index in [9.17, 15) is 14.0 Å². The Hall–Kier alpha value is -3.78. The van der Waals surface area contributed by atoms with E-state index in [1.54, 1.807) is 42.6 Å². The number of para-hydroxylation sites is 1. The monoisotopic (exact) mass is 426 g/mol. The number of amides is 2. The van der Waals surface area contributed by atoms with Gasteiger partial charge in [0.1, 0.15) is 11.6 Å². The van der Waals surface area contributed by atoms with E-state index in [-0.39, 0.29) is 23.1 Å². The summed E-state index contributed by atoms with van der Waals surface area (Å²) in [5.74, 6) is -1.19. The number of hydrogen-bond donors (Lipinski definition) is 2. The van der Waals surface area contributed by atoms with Crippen LogP contribution in [0.15, 0.2) is 72.1 Å². The number of rotatable bonds is 7. The molecule has 3 rings (SSSR count). The molecule has 3 aromatic rings. The molecule has 2 aromatic carbocycles. The Morgan fingerprint density at radius 2 is 2.00 bits per heavy atom. The molecule has 1 heterocycles. The van der Waals surface area contributed by atoms with Gasteiger partial charge in [-0.15, -0.1) is 0 Å². The minimum absolute atomic E-state index is 0.0667. The molecular weight excluding hydrogens is 411 g/mol. The molecule has 2 N–H and O–H groups in total. The largest absolute Gasteiger partial charge is 0.482 e. The molecule has 7 nitrogen and oxygen atoms in total. The molecule has 2 amide bonds. The molecule has 0 fully saturated rings. The highest BCUT2D eigenvalue weighted by atomic mass is 35.5. The number of halogens is 2. The maximum atomic E-state index is 13.6. The summed E-state index contributed by atoms with van der Waals surface area (Å²) in [6.45, 7) is -0.345. The number of carbonyl (C=O) groups is 2. The normalized spacial score (nSPS) is 10.6. The Labute approximate surface area is 176 Å². The van der Waals surface area contributed by atoms with E-state index in [0.717, 1.165) is 0 Å². The van der Waals surface area contributed by atoms with Gasteiger partial charge in [-0.05, 0) is 48.0 Å². The summed E-state index contributed by atoms with van der Waals surface area (Å²) in [5, 5.41) is 6.53. The van der Waals surface area contributed by atoms with Crippen molar-refractivity contribution in [3.8, 4) is 5.75 Å². The van der Waals surface area contributed by atoms with Crippen molar-refractivity contribution in [1.29, 1.82) is 0 Å². The first-order valence-corrected chi connectivity index (χ1v) is 9.11. The quantitative estimate of drug-likeness (QED) is 0.445. The Bertz CT molecular complexity index is 1080. The molecule has 0 aliphatic heterocycles. The Balaban J connectivity index is 1.53. The number of pyridine rings is 1. The lowest BCUT2D eigenvalue weighted by atomic mass is 10.2. The number of aromatic nitrogens is 1. The second kappa shape index (κ2) is 10.1. The number of carbonyl (C=O) groups excluding carboxylic acids is 2. The fraction of sp³-hybridized carbons (Fsp3) is 0.0476. The van der Waals surface area contributed by atoms with Crippen LogP contribution >= 0.6 is 11.6 Å². The van der Waals surface area contributed by atoms with E-state index in [4.69, 9.17) is 16.3 Å². The molecule has 0 bridgehead atoms. The molecule has 0 atom stereocenters. The van der Waals surface area contributed by atoms with Gasteiger partial charge in [-0.2, -0.15) is 5.10 Å². The zero-order chi connectivity index (χ0) is 21.3. The number of anilines is 1. The molecule has 0 radical (unpaired) electrons. The second-order valence-electron chi connectivity index (χ2n) is 5.95. The highest BCUT2D eigenvalue weighted by Crippen LogP contribution is 2.25. The van der Waals surface area contributed by atoms with Crippen LogP contribution in [0.3, 0.4) is 0 Å². The second-order valence-corrected chi connectivity index (χ2v) is 6.35. The molecule has 30 heavy (non-hydrogen) atoms. The summed E-state index contributed by atoms with van der Waals surface area (Å²) in [6, 6.07) is 13.8. The third kappa shape index (κ3) is 5.86. The molecule has 152 valence electrons. The summed E-state index contributed by atoms with van der Waals surface area (Å²) in [7, 11) is 0. The standard InChI is InChI=1S/C21H16ClFN4O3/c22-16-10-14(11-25-27-21(29)15-4-3-9-24-12-15)7-8-19(16)30-13-20(28)26-18-6-2-1-5-17(18)23/h1-12H,13H2,(H,26,28)(H,27,29). The van der Waals surface area contributed by atoms with E-state index in [1.807, 2.05) is 0 Å². The smallest absolute Gasteiger partial charge is 0.272 e. The third-order valence-corrected chi connectivity index (χ3v) is 4.06. The predicted molar refractivity (Wildman–Crippen MR) is 111 cm³/mol. The molecule has 0 unspecified atom stereocenters. The number of benzene rings is 2. The molecule has 9 heteroatoms. The summed E-state index contributed by atoms with van der Waals surface area (Å²) >= 11 is 6.16. The zero-order valence-electron chi connectivity index (χ0n) is 15.5. The van der Waals surface area contributed by atoms with Gasteiger partial charge in [-0.1, -0.05) is 23.7 Å². The van der Waals surface area contributed by atoms with Crippen LogP contribution in [-0.4, -0.2) is 29.6 Å². The van der Waals surface area contributed by atoms with Gasteiger partial charge in [0, 0.05) is 12.4 Å². The minimum atomic E-state index is -0.539. The maximum absolute atomic E-state index is 13.6. The number of hydrogen-bond acceptors (Lipinski definition) is 5. The molecule has 0 aliphatic carbocycles. The maximum Gasteiger partial charge on any atom is 0.272 e. The number of hydrazone groups is 1. The van der Waals surface area contributed by atoms with Crippen molar-refractivity contribution in [2.75, 3.05) is 11.9 Å². The van der Waals surface area contributed by atoms with Crippen molar-refractivity contribution in [2.45, 2.75) is 0 Å². The molecule has 0 aliphatic rings. The van der Waals surface area contributed by atoms with Gasteiger partial charge in [0.25, 0.3) is 11.8 Å². The van der Waals surface area contributed by atoms with Crippen LogP contribution in [0.25, 0.3) is 0 Å². The molecule has 0 spiro atoms. The van der Waals surface area contributed by atoms with Gasteiger partial charge in [0.05, 0.1) is 22.5 Å². The van der Waals surface area contributed by atoms with Crippen LogP contribution in [0.5, 0.6) is 5.75 Å². The number of nitrogens with zero attached hydrogens (tertiary/aromatic N) is 2. The van der Waals surface area contributed by atoms with Crippen LogP contribution in [-0.2, 0) is 4.79 Å². The van der Waals surface area contributed by atoms with Crippen molar-refractivity contribution in [1.82, 2.24) is 10.4 Å². The summed E-state index contributed by atoms with van der Waals surface area (Å²) < 4.78 is 18.9. The van der Waals surface area contributed by atoms with Crippen LogP contribution < -0.4 is 15.5 Å². The van der Waals surface area contributed by atoms with Crippen LogP contribution in [0.1, 0.15) is 15.9 Å². The number of ether oxygens (including phenoxy) is 1. The van der Waals surface area contributed by atoms with Crippen molar-refractivity contribution in [3.05, 3.63) is 89.0 Å². The average Bonchev–Trinajstić information content (AvgIpc) is 2.75. The van der Waals surface area contributed by atoms with E-state index >= 15 is 0 Å². The average molecular weight is 427 g/mol. The summed E-state index contributed by atoms with van der Waals surface area (Å²) in [5.41, 5.74) is 3.43. The van der Waals surface area contributed by atoms with Crippen molar-refractivity contribution in [2.24, 2.45) is 5.10 Å². The van der Waals surface area contributed by atoms with E-state index in [1.165, 1.54) is 30.6 Å². The van der Waals surface area contributed by atoms with Crippen molar-refractivity contribution in [3.63, 3.8) is 0 Å². The Morgan fingerprint density at radius 3 is 2.73 bits per heavy atom. The van der Waals surface area contributed by atoms with Gasteiger partial charge in [-0.3, -0.25) is 14.6 Å².